The van der Waals surface area contributed by atoms with Crippen molar-refractivity contribution in [1.29, 1.82) is 0 Å². The number of rotatable bonds is 14. The van der Waals surface area contributed by atoms with Gasteiger partial charge in [-0.25, -0.2) is 0 Å². The van der Waals surface area contributed by atoms with Crippen LogP contribution in [-0.2, 0) is 30.4 Å². The number of carbonyl (C=O) groups excluding carboxylic acids is 3. The van der Waals surface area contributed by atoms with Gasteiger partial charge in [0.15, 0.2) is 18.2 Å². The summed E-state index contributed by atoms with van der Waals surface area (Å²) in [5, 5.41) is 0. The third-order valence-corrected chi connectivity index (χ3v) is 8.37. The van der Waals surface area contributed by atoms with E-state index in [-0.39, 0.29) is 48.6 Å². The quantitative estimate of drug-likeness (QED) is 0.0968. The molecular weight excluding hydrogens is 554 g/mol. The smallest absolute Gasteiger partial charge is 0.306 e. The molecule has 44 heavy (non-hydrogen) atoms. The molecule has 3 atom stereocenters. The van der Waals surface area contributed by atoms with Gasteiger partial charge < -0.3 is 14.2 Å². The second-order valence-electron chi connectivity index (χ2n) is 11.4. The molecule has 7 heteroatoms. The lowest BCUT2D eigenvalue weighted by Gasteiger charge is -2.35. The predicted molar refractivity (Wildman–Crippen MR) is 169 cm³/mol. The van der Waals surface area contributed by atoms with E-state index in [1.165, 1.54) is 5.56 Å². The van der Waals surface area contributed by atoms with Crippen LogP contribution in [-0.4, -0.2) is 67.5 Å². The highest BCUT2D eigenvalue weighted by Gasteiger charge is 2.45. The summed E-state index contributed by atoms with van der Waals surface area (Å²) >= 11 is 0. The van der Waals surface area contributed by atoms with Crippen molar-refractivity contribution in [3.05, 3.63) is 108 Å². The van der Waals surface area contributed by atoms with Gasteiger partial charge in [-0.15, -0.1) is 0 Å². The van der Waals surface area contributed by atoms with Gasteiger partial charge in [0, 0.05) is 37.4 Å². The highest BCUT2D eigenvalue weighted by molar-refractivity contribution is 5.97. The Kier molecular flexibility index (Phi) is 11.6. The van der Waals surface area contributed by atoms with E-state index in [4.69, 9.17) is 14.2 Å². The van der Waals surface area contributed by atoms with E-state index in [9.17, 15) is 14.4 Å². The summed E-state index contributed by atoms with van der Waals surface area (Å²) in [5.41, 5.74) is 3.96. The van der Waals surface area contributed by atoms with Crippen molar-refractivity contribution in [2.24, 2.45) is 5.92 Å². The molecular formula is C37H41NO6. The maximum atomic E-state index is 13.3. The highest BCUT2D eigenvalue weighted by atomic mass is 16.5. The Bertz CT molecular complexity index is 1380. The van der Waals surface area contributed by atoms with Crippen LogP contribution in [0.4, 0.5) is 0 Å². The molecule has 1 aliphatic carbocycles. The summed E-state index contributed by atoms with van der Waals surface area (Å²) in [6, 6.07) is 27.3. The number of morpholine rings is 1. The topological polar surface area (TPSA) is 82.1 Å². The van der Waals surface area contributed by atoms with E-state index in [2.05, 4.69) is 53.5 Å². The second-order valence-corrected chi connectivity index (χ2v) is 11.4. The average Bonchev–Trinajstić information content (AvgIpc) is 3.39. The SMILES string of the molecule is O=C(CCCC=CC[C@H]1[C@@H](OCc2ccc(-c3ccccc3)cc2)CC(=O)[C@@H]1N1CCOCC1)OCC(=O)c1ccccc1. The molecule has 2 fully saturated rings. The Morgan fingerprint density at radius 2 is 1.55 bits per heavy atom. The minimum Gasteiger partial charge on any atom is -0.457 e. The van der Waals surface area contributed by atoms with Crippen molar-refractivity contribution in [3.8, 4) is 11.1 Å². The van der Waals surface area contributed by atoms with Crippen molar-refractivity contribution >= 4 is 17.5 Å². The first kappa shape index (κ1) is 31.5. The summed E-state index contributed by atoms with van der Waals surface area (Å²) in [5.74, 6) is -0.292. The molecule has 0 unspecified atom stereocenters. The number of hydrogen-bond acceptors (Lipinski definition) is 7. The molecule has 1 saturated heterocycles. The van der Waals surface area contributed by atoms with Crippen molar-refractivity contribution < 1.29 is 28.6 Å². The third kappa shape index (κ3) is 8.82. The molecule has 0 bridgehead atoms. The van der Waals surface area contributed by atoms with Gasteiger partial charge in [0.1, 0.15) is 0 Å². The lowest BCUT2D eigenvalue weighted by Crippen LogP contribution is -2.49. The number of benzene rings is 3. The summed E-state index contributed by atoms with van der Waals surface area (Å²) < 4.78 is 17.1. The largest absolute Gasteiger partial charge is 0.457 e. The Morgan fingerprint density at radius 1 is 0.864 bits per heavy atom. The lowest BCUT2D eigenvalue weighted by atomic mass is 9.95. The van der Waals surface area contributed by atoms with E-state index in [1.54, 1.807) is 24.3 Å². The molecule has 5 rings (SSSR count). The molecule has 0 aromatic heterocycles. The molecule has 2 aliphatic rings. The molecule has 0 radical (unpaired) electrons. The zero-order valence-electron chi connectivity index (χ0n) is 25.1. The molecule has 0 N–H and O–H groups in total. The van der Waals surface area contributed by atoms with Gasteiger partial charge in [-0.1, -0.05) is 97.1 Å². The van der Waals surface area contributed by atoms with E-state index in [0.717, 1.165) is 30.6 Å². The zero-order chi connectivity index (χ0) is 30.6. The molecule has 3 aromatic carbocycles. The Hall–Kier alpha value is -3.91. The van der Waals surface area contributed by atoms with Crippen LogP contribution in [0.5, 0.6) is 0 Å². The van der Waals surface area contributed by atoms with Crippen molar-refractivity contribution in [2.75, 3.05) is 32.9 Å². The number of Topliss-reactive ketones (excluding diaryl/α,β-unsaturated/α-hetero) is 2. The van der Waals surface area contributed by atoms with Crippen LogP contribution < -0.4 is 0 Å². The van der Waals surface area contributed by atoms with Crippen LogP contribution >= 0.6 is 0 Å². The molecule has 0 amide bonds. The number of ketones is 2. The summed E-state index contributed by atoms with van der Waals surface area (Å²) in [4.78, 5) is 39.8. The number of carbonyl (C=O) groups is 3. The van der Waals surface area contributed by atoms with Gasteiger partial charge in [0.05, 0.1) is 32.0 Å². The molecule has 230 valence electrons. The number of nitrogens with zero attached hydrogens (tertiary/aromatic N) is 1. The number of allylic oxidation sites excluding steroid dienone is 2. The Balaban J connectivity index is 1.11. The maximum absolute atomic E-state index is 13.3. The van der Waals surface area contributed by atoms with Crippen LogP contribution in [0.25, 0.3) is 11.1 Å². The first-order valence-electron chi connectivity index (χ1n) is 15.6. The van der Waals surface area contributed by atoms with Crippen molar-refractivity contribution in [2.45, 2.75) is 50.9 Å². The average molecular weight is 596 g/mol. The van der Waals surface area contributed by atoms with E-state index >= 15 is 0 Å². The second kappa shape index (κ2) is 16.2. The number of esters is 1. The van der Waals surface area contributed by atoms with Gasteiger partial charge in [-0.2, -0.15) is 0 Å². The van der Waals surface area contributed by atoms with Crippen LogP contribution in [0.3, 0.4) is 0 Å². The molecule has 1 aliphatic heterocycles. The number of ether oxygens (including phenoxy) is 3. The molecule has 0 spiro atoms. The molecule has 7 nitrogen and oxygen atoms in total. The van der Waals surface area contributed by atoms with Crippen LogP contribution in [0.15, 0.2) is 97.1 Å². The van der Waals surface area contributed by atoms with Crippen molar-refractivity contribution in [3.63, 3.8) is 0 Å². The van der Waals surface area contributed by atoms with Gasteiger partial charge in [-0.05, 0) is 36.0 Å². The first-order chi connectivity index (χ1) is 21.6. The van der Waals surface area contributed by atoms with E-state index in [1.807, 2.05) is 24.3 Å². The molecule has 3 aromatic rings. The normalized spacial score (nSPS) is 20.6. The van der Waals surface area contributed by atoms with E-state index in [0.29, 0.717) is 44.6 Å². The summed E-state index contributed by atoms with van der Waals surface area (Å²) in [7, 11) is 0. The molecule has 1 heterocycles. The van der Waals surface area contributed by atoms with Gasteiger partial charge in [0.25, 0.3) is 0 Å². The van der Waals surface area contributed by atoms with E-state index < -0.39 is 0 Å². The molecule has 1 saturated carbocycles. The first-order valence-corrected chi connectivity index (χ1v) is 15.6. The monoisotopic (exact) mass is 595 g/mol. The maximum Gasteiger partial charge on any atom is 0.306 e. The standard InChI is InChI=1S/C37H41NO6/c39-33-25-35(43-26-28-17-19-30(20-18-28)29-11-5-3-6-12-29)32(37(33)38-21-23-42-24-22-38)15-9-1-2-10-16-36(41)44-27-34(40)31-13-7-4-8-14-31/h1,3-9,11-14,17-20,32,35,37H,2,10,15-16,21-27H2/t32-,35-,37+/m0/s1. The van der Waals surface area contributed by atoms with Gasteiger partial charge in [-0.3, -0.25) is 19.3 Å². The minimum absolute atomic E-state index is 0.0504. The summed E-state index contributed by atoms with van der Waals surface area (Å²) in [6.45, 7) is 2.99. The third-order valence-electron chi connectivity index (χ3n) is 8.37. The Labute approximate surface area is 259 Å². The zero-order valence-corrected chi connectivity index (χ0v) is 25.1. The summed E-state index contributed by atoms with van der Waals surface area (Å²) in [6.07, 6.45) is 6.75. The number of unbranched alkanes of at least 4 members (excludes halogenated alkanes) is 1. The highest BCUT2D eigenvalue weighted by Crippen LogP contribution is 2.34. The van der Waals surface area contributed by atoms with Crippen LogP contribution in [0, 0.1) is 5.92 Å². The van der Waals surface area contributed by atoms with Crippen LogP contribution in [0.1, 0.15) is 48.0 Å². The van der Waals surface area contributed by atoms with Gasteiger partial charge >= 0.3 is 5.97 Å². The Morgan fingerprint density at radius 3 is 2.27 bits per heavy atom. The fourth-order valence-electron chi connectivity index (χ4n) is 5.99. The van der Waals surface area contributed by atoms with Crippen LogP contribution in [0.2, 0.25) is 0 Å². The fraction of sp³-hybridized carbons (Fsp3) is 0.378. The lowest BCUT2D eigenvalue weighted by molar-refractivity contribution is -0.142. The minimum atomic E-state index is -0.373. The predicted octanol–water partition coefficient (Wildman–Crippen LogP) is 6.07. The van der Waals surface area contributed by atoms with Gasteiger partial charge in [0.2, 0.25) is 0 Å². The fourth-order valence-corrected chi connectivity index (χ4v) is 5.99. The van der Waals surface area contributed by atoms with Crippen molar-refractivity contribution in [1.82, 2.24) is 4.90 Å². The number of hydrogen-bond donors (Lipinski definition) is 0.